The molecule has 0 fully saturated rings. The van der Waals surface area contributed by atoms with Crippen molar-refractivity contribution in [2.24, 2.45) is 0 Å². The fourth-order valence-electron chi connectivity index (χ4n) is 5.07. The molecule has 0 bridgehead atoms. The first-order chi connectivity index (χ1) is 14.3. The molecule has 0 saturated heterocycles. The van der Waals surface area contributed by atoms with Crippen molar-refractivity contribution < 1.29 is 0 Å². The van der Waals surface area contributed by atoms with Crippen LogP contribution in [-0.2, 0) is 6.42 Å². The van der Waals surface area contributed by atoms with Gasteiger partial charge in [-0.3, -0.25) is 0 Å². The van der Waals surface area contributed by atoms with Gasteiger partial charge in [-0.25, -0.2) is 0 Å². The van der Waals surface area contributed by atoms with E-state index in [1.165, 1.54) is 93.6 Å². The van der Waals surface area contributed by atoms with Gasteiger partial charge in [-0.2, -0.15) is 0 Å². The maximum Gasteiger partial charge on any atom is 0.0326 e. The van der Waals surface area contributed by atoms with Crippen molar-refractivity contribution in [3.05, 3.63) is 66.2 Å². The van der Waals surface area contributed by atoms with E-state index in [0.29, 0.717) is 0 Å². The highest BCUT2D eigenvalue weighted by molar-refractivity contribution is 6.33. The molecule has 146 valence electrons. The van der Waals surface area contributed by atoms with Gasteiger partial charge in [-0.15, -0.1) is 0 Å². The molecule has 0 unspecified atom stereocenters. The van der Waals surface area contributed by atoms with Crippen LogP contribution in [0.25, 0.3) is 43.1 Å². The van der Waals surface area contributed by atoms with Gasteiger partial charge in [0.25, 0.3) is 0 Å². The normalized spacial score (nSPS) is 12.0. The summed E-state index contributed by atoms with van der Waals surface area (Å²) in [5, 5.41) is 10.7. The van der Waals surface area contributed by atoms with E-state index in [1.54, 1.807) is 0 Å². The van der Waals surface area contributed by atoms with Crippen LogP contribution in [0.5, 0.6) is 0 Å². The van der Waals surface area contributed by atoms with E-state index in [4.69, 9.17) is 5.73 Å². The first-order valence-corrected chi connectivity index (χ1v) is 11.1. The van der Waals surface area contributed by atoms with Crippen LogP contribution in [0.15, 0.2) is 60.7 Å². The monoisotopic (exact) mass is 379 g/mol. The van der Waals surface area contributed by atoms with Crippen LogP contribution in [0.1, 0.15) is 51.0 Å². The van der Waals surface area contributed by atoms with E-state index in [9.17, 15) is 0 Å². The first kappa shape index (κ1) is 18.2. The van der Waals surface area contributed by atoms with E-state index >= 15 is 0 Å². The van der Waals surface area contributed by atoms with Crippen molar-refractivity contribution >= 4 is 48.8 Å². The Bertz CT molecular complexity index is 1300. The minimum Gasteiger partial charge on any atom is -0.399 e. The zero-order valence-corrected chi connectivity index (χ0v) is 17.3. The summed E-state index contributed by atoms with van der Waals surface area (Å²) in [7, 11) is 0. The zero-order valence-electron chi connectivity index (χ0n) is 17.3. The summed E-state index contributed by atoms with van der Waals surface area (Å²) in [6.07, 6.45) is 9.23. The van der Waals surface area contributed by atoms with Gasteiger partial charge >= 0.3 is 0 Å². The molecule has 5 rings (SSSR count). The molecule has 0 saturated carbocycles. The fraction of sp³-hybridized carbons (Fsp3) is 0.286. The Labute approximate surface area is 172 Å². The molecule has 0 aliphatic rings. The predicted octanol–water partition coefficient (Wildman–Crippen LogP) is 8.22. The summed E-state index contributed by atoms with van der Waals surface area (Å²) < 4.78 is 0. The molecule has 29 heavy (non-hydrogen) atoms. The molecule has 0 spiro atoms. The van der Waals surface area contributed by atoms with Crippen LogP contribution in [-0.4, -0.2) is 0 Å². The number of aryl methyl sites for hydroxylation is 1. The second-order valence-electron chi connectivity index (χ2n) is 8.54. The van der Waals surface area contributed by atoms with E-state index in [2.05, 4.69) is 67.6 Å². The number of fused-ring (bicyclic) bond motifs is 2. The average Bonchev–Trinajstić information content (AvgIpc) is 2.73. The number of unbranched alkanes of at least 4 members (excludes halogenated alkanes) is 5. The number of nitrogens with two attached hydrogens (primary N) is 1. The predicted molar refractivity (Wildman–Crippen MR) is 129 cm³/mol. The average molecular weight is 380 g/mol. The van der Waals surface area contributed by atoms with Crippen LogP contribution >= 0.6 is 0 Å². The minimum absolute atomic E-state index is 0.838. The lowest BCUT2D eigenvalue weighted by Crippen LogP contribution is -1.92. The molecule has 1 nitrogen and oxygen atoms in total. The lowest BCUT2D eigenvalue weighted by Gasteiger charge is -2.16. The van der Waals surface area contributed by atoms with Gasteiger partial charge in [0.05, 0.1) is 0 Å². The standard InChI is InChI=1S/C28H29N/c1-2-3-4-5-6-7-10-19-15-20-11-8-14-24-26-18-22(29)17-21-12-9-13-23(28(21)26)25(16-19)27(20)24/h8-9,11-18H,2-7,10,29H2,1H3. The fourth-order valence-corrected chi connectivity index (χ4v) is 5.07. The molecule has 0 aliphatic carbocycles. The maximum atomic E-state index is 6.24. The van der Waals surface area contributed by atoms with Crippen molar-refractivity contribution in [1.82, 2.24) is 0 Å². The summed E-state index contributed by atoms with van der Waals surface area (Å²) >= 11 is 0. The third kappa shape index (κ3) is 3.19. The quantitative estimate of drug-likeness (QED) is 0.131. The number of hydrogen-bond donors (Lipinski definition) is 1. The largest absolute Gasteiger partial charge is 0.399 e. The highest BCUT2D eigenvalue weighted by Gasteiger charge is 2.14. The van der Waals surface area contributed by atoms with Crippen molar-refractivity contribution in [3.63, 3.8) is 0 Å². The van der Waals surface area contributed by atoms with Crippen molar-refractivity contribution in [2.75, 3.05) is 5.73 Å². The number of nitrogen functional groups attached to an aromatic ring is 1. The molecule has 0 radical (unpaired) electrons. The zero-order chi connectivity index (χ0) is 19.8. The highest BCUT2D eigenvalue weighted by atomic mass is 14.5. The van der Waals surface area contributed by atoms with Gasteiger partial charge < -0.3 is 5.73 Å². The van der Waals surface area contributed by atoms with Crippen LogP contribution in [0.3, 0.4) is 0 Å². The van der Waals surface area contributed by atoms with Gasteiger partial charge in [-0.1, -0.05) is 87.6 Å². The van der Waals surface area contributed by atoms with E-state index in [-0.39, 0.29) is 0 Å². The maximum absolute atomic E-state index is 6.24. The van der Waals surface area contributed by atoms with Crippen LogP contribution in [0.4, 0.5) is 5.69 Å². The van der Waals surface area contributed by atoms with Gasteiger partial charge in [-0.05, 0) is 73.6 Å². The van der Waals surface area contributed by atoms with Gasteiger partial charge in [0.1, 0.15) is 0 Å². The molecule has 0 amide bonds. The Morgan fingerprint density at radius 1 is 0.621 bits per heavy atom. The number of rotatable bonds is 7. The molecular formula is C28H29N. The summed E-state index contributed by atoms with van der Waals surface area (Å²) in [5.74, 6) is 0. The Balaban J connectivity index is 1.65. The number of hydrogen-bond acceptors (Lipinski definition) is 1. The molecule has 5 aromatic carbocycles. The lowest BCUT2D eigenvalue weighted by atomic mass is 9.88. The van der Waals surface area contributed by atoms with Gasteiger partial charge in [0, 0.05) is 5.69 Å². The Hall–Kier alpha value is -2.80. The smallest absolute Gasteiger partial charge is 0.0326 e. The van der Waals surface area contributed by atoms with Gasteiger partial charge in [0.15, 0.2) is 0 Å². The van der Waals surface area contributed by atoms with E-state index < -0.39 is 0 Å². The topological polar surface area (TPSA) is 26.0 Å². The second kappa shape index (κ2) is 7.55. The molecule has 2 N–H and O–H groups in total. The Morgan fingerprint density at radius 2 is 1.24 bits per heavy atom. The van der Waals surface area contributed by atoms with Crippen molar-refractivity contribution in [2.45, 2.75) is 51.9 Å². The molecule has 1 heteroatoms. The lowest BCUT2D eigenvalue weighted by molar-refractivity contribution is 0.608. The van der Waals surface area contributed by atoms with Crippen LogP contribution in [0, 0.1) is 0 Å². The first-order valence-electron chi connectivity index (χ1n) is 11.1. The number of benzene rings is 5. The molecule has 0 atom stereocenters. The summed E-state index contributed by atoms with van der Waals surface area (Å²) in [6, 6.07) is 22.5. The summed E-state index contributed by atoms with van der Waals surface area (Å²) in [5.41, 5.74) is 8.55. The van der Waals surface area contributed by atoms with Crippen molar-refractivity contribution in [1.29, 1.82) is 0 Å². The Kier molecular flexibility index (Phi) is 4.75. The molecular weight excluding hydrogens is 350 g/mol. The SMILES string of the molecule is CCCCCCCCc1cc2cccc3c4cc(N)cc5cccc(c(c1)c23)c54. The molecule has 0 aliphatic heterocycles. The second-order valence-corrected chi connectivity index (χ2v) is 8.54. The number of anilines is 1. The van der Waals surface area contributed by atoms with Crippen LogP contribution < -0.4 is 5.73 Å². The molecule has 0 heterocycles. The third-order valence-corrected chi connectivity index (χ3v) is 6.44. The van der Waals surface area contributed by atoms with E-state index in [1.807, 2.05) is 0 Å². The summed E-state index contributed by atoms with van der Waals surface area (Å²) in [4.78, 5) is 0. The third-order valence-electron chi connectivity index (χ3n) is 6.44. The minimum atomic E-state index is 0.838. The highest BCUT2D eigenvalue weighted by Crippen LogP contribution is 2.41. The van der Waals surface area contributed by atoms with Gasteiger partial charge in [0.2, 0.25) is 0 Å². The molecule has 5 aromatic rings. The van der Waals surface area contributed by atoms with Crippen LogP contribution in [0.2, 0.25) is 0 Å². The van der Waals surface area contributed by atoms with Crippen molar-refractivity contribution in [3.8, 4) is 0 Å². The molecule has 0 aromatic heterocycles. The Morgan fingerprint density at radius 3 is 1.97 bits per heavy atom. The summed E-state index contributed by atoms with van der Waals surface area (Å²) in [6.45, 7) is 2.28. The van der Waals surface area contributed by atoms with E-state index in [0.717, 1.165) is 5.69 Å².